The second-order valence-electron chi connectivity index (χ2n) is 8.86. The highest BCUT2D eigenvalue weighted by atomic mass is 16.7. The highest BCUT2D eigenvalue weighted by Gasteiger charge is 2.34. The fourth-order valence-electron chi connectivity index (χ4n) is 4.70. The van der Waals surface area contributed by atoms with Crippen molar-refractivity contribution in [2.45, 2.75) is 50.7 Å². The molecule has 2 aliphatic rings. The molecule has 35 heavy (non-hydrogen) atoms. The highest BCUT2D eigenvalue weighted by Crippen LogP contribution is 2.34. The zero-order chi connectivity index (χ0) is 24.0. The van der Waals surface area contributed by atoms with E-state index >= 15 is 0 Å². The topological polar surface area (TPSA) is 93.7 Å². The molecule has 0 radical (unpaired) electrons. The number of pyridine rings is 2. The first-order chi connectivity index (χ1) is 17.2. The Bertz CT molecular complexity index is 1170. The standard InChI is InChI=1S/C27H28N4O4/c32-26(30-21-6-2-1-3-7-21)25(20-11-14-28-15-12-20)31(27(33)22-8-4-5-13-29-22)17-19-9-10-23-24(16-19)35-18-34-23/h4-5,8-16,21,25H,1-3,6-7,17-18H2,(H,30,32)/t25-/m0/s1. The van der Waals surface area contributed by atoms with Gasteiger partial charge in [-0.15, -0.1) is 0 Å². The third-order valence-corrected chi connectivity index (χ3v) is 6.47. The predicted octanol–water partition coefficient (Wildman–Crippen LogP) is 4.04. The van der Waals surface area contributed by atoms with Crippen LogP contribution in [0.3, 0.4) is 0 Å². The van der Waals surface area contributed by atoms with Crippen LogP contribution < -0.4 is 14.8 Å². The Morgan fingerprint density at radius 2 is 1.77 bits per heavy atom. The van der Waals surface area contributed by atoms with E-state index in [1.54, 1.807) is 53.8 Å². The van der Waals surface area contributed by atoms with Crippen LogP contribution in [0.4, 0.5) is 0 Å². The quantitative estimate of drug-likeness (QED) is 0.558. The number of aromatic nitrogens is 2. The fraction of sp³-hybridized carbons (Fsp3) is 0.333. The Morgan fingerprint density at radius 3 is 2.54 bits per heavy atom. The molecule has 2 aromatic heterocycles. The smallest absolute Gasteiger partial charge is 0.273 e. The van der Waals surface area contributed by atoms with Gasteiger partial charge in [-0.1, -0.05) is 31.4 Å². The van der Waals surface area contributed by atoms with Crippen LogP contribution in [0.5, 0.6) is 11.5 Å². The normalized spacial score (nSPS) is 15.9. The summed E-state index contributed by atoms with van der Waals surface area (Å²) in [5.74, 6) is 0.758. The third kappa shape index (κ3) is 5.26. The molecule has 0 unspecified atom stereocenters. The predicted molar refractivity (Wildman–Crippen MR) is 129 cm³/mol. The first-order valence-electron chi connectivity index (χ1n) is 12.0. The summed E-state index contributed by atoms with van der Waals surface area (Å²) < 4.78 is 11.0. The summed E-state index contributed by atoms with van der Waals surface area (Å²) in [7, 11) is 0. The first kappa shape index (κ1) is 22.8. The van der Waals surface area contributed by atoms with Crippen LogP contribution in [0.1, 0.15) is 59.8 Å². The van der Waals surface area contributed by atoms with Gasteiger partial charge in [-0.25, -0.2) is 0 Å². The van der Waals surface area contributed by atoms with Crippen molar-refractivity contribution in [2.24, 2.45) is 0 Å². The number of benzene rings is 1. The lowest BCUT2D eigenvalue weighted by molar-refractivity contribution is -0.127. The summed E-state index contributed by atoms with van der Waals surface area (Å²) in [4.78, 5) is 37.5. The van der Waals surface area contributed by atoms with Crippen molar-refractivity contribution in [3.05, 3.63) is 83.9 Å². The molecule has 3 heterocycles. The summed E-state index contributed by atoms with van der Waals surface area (Å²) in [6.07, 6.45) is 10.1. The lowest BCUT2D eigenvalue weighted by Gasteiger charge is -2.33. The maximum absolute atomic E-state index is 13.8. The van der Waals surface area contributed by atoms with Gasteiger partial charge >= 0.3 is 0 Å². The van der Waals surface area contributed by atoms with Gasteiger partial charge in [0.2, 0.25) is 12.7 Å². The van der Waals surface area contributed by atoms with Crippen molar-refractivity contribution < 1.29 is 19.1 Å². The van der Waals surface area contributed by atoms with Gasteiger partial charge in [0.05, 0.1) is 0 Å². The van der Waals surface area contributed by atoms with Crippen molar-refractivity contribution in [3.8, 4) is 11.5 Å². The minimum atomic E-state index is -0.847. The summed E-state index contributed by atoms with van der Waals surface area (Å²) in [5.41, 5.74) is 1.79. The molecule has 1 atom stereocenters. The van der Waals surface area contributed by atoms with Gasteiger partial charge in [-0.05, 0) is 60.4 Å². The van der Waals surface area contributed by atoms with Gasteiger partial charge in [0.1, 0.15) is 11.7 Å². The average Bonchev–Trinajstić information content (AvgIpc) is 3.38. The van der Waals surface area contributed by atoms with Crippen LogP contribution in [0.25, 0.3) is 0 Å². The molecule has 3 aromatic rings. The number of nitrogens with zero attached hydrogens (tertiary/aromatic N) is 3. The Labute approximate surface area is 204 Å². The molecule has 1 N–H and O–H groups in total. The molecule has 1 saturated carbocycles. The van der Waals surface area contributed by atoms with E-state index in [0.29, 0.717) is 17.1 Å². The van der Waals surface area contributed by atoms with E-state index in [4.69, 9.17) is 9.47 Å². The molecular weight excluding hydrogens is 444 g/mol. The second-order valence-corrected chi connectivity index (χ2v) is 8.86. The number of ether oxygens (including phenoxy) is 2. The molecule has 1 aromatic carbocycles. The number of hydrogen-bond acceptors (Lipinski definition) is 6. The number of nitrogens with one attached hydrogen (secondary N) is 1. The molecule has 1 fully saturated rings. The number of amides is 2. The number of rotatable bonds is 7. The molecular formula is C27H28N4O4. The Morgan fingerprint density at radius 1 is 0.971 bits per heavy atom. The minimum Gasteiger partial charge on any atom is -0.454 e. The van der Waals surface area contributed by atoms with Crippen LogP contribution in [0.2, 0.25) is 0 Å². The Balaban J connectivity index is 1.52. The molecule has 1 aliphatic carbocycles. The van der Waals surface area contributed by atoms with Crippen molar-refractivity contribution in [1.82, 2.24) is 20.2 Å². The largest absolute Gasteiger partial charge is 0.454 e. The number of carbonyl (C=O) groups is 2. The van der Waals surface area contributed by atoms with E-state index in [2.05, 4.69) is 15.3 Å². The zero-order valence-electron chi connectivity index (χ0n) is 19.4. The van der Waals surface area contributed by atoms with Crippen LogP contribution in [0, 0.1) is 0 Å². The van der Waals surface area contributed by atoms with Crippen molar-refractivity contribution in [1.29, 1.82) is 0 Å². The summed E-state index contributed by atoms with van der Waals surface area (Å²) in [5, 5.41) is 3.21. The average molecular weight is 473 g/mol. The summed E-state index contributed by atoms with van der Waals surface area (Å²) in [6, 6.07) is 13.6. The lowest BCUT2D eigenvalue weighted by Crippen LogP contribution is -2.47. The monoisotopic (exact) mass is 472 g/mol. The van der Waals surface area contributed by atoms with Crippen molar-refractivity contribution in [2.75, 3.05) is 6.79 Å². The highest BCUT2D eigenvalue weighted by molar-refractivity contribution is 5.96. The third-order valence-electron chi connectivity index (χ3n) is 6.47. The SMILES string of the molecule is O=C(NC1CCCCC1)[C@H](c1ccncc1)N(Cc1ccc2c(c1)OCO2)C(=O)c1ccccn1. The van der Waals surface area contributed by atoms with E-state index in [-0.39, 0.29) is 36.9 Å². The van der Waals surface area contributed by atoms with Crippen molar-refractivity contribution >= 4 is 11.8 Å². The van der Waals surface area contributed by atoms with Gasteiger partial charge < -0.3 is 19.7 Å². The molecule has 0 spiro atoms. The van der Waals surface area contributed by atoms with Crippen LogP contribution in [-0.2, 0) is 11.3 Å². The van der Waals surface area contributed by atoms with Gasteiger partial charge in [-0.2, -0.15) is 0 Å². The van der Waals surface area contributed by atoms with Gasteiger partial charge in [-0.3, -0.25) is 19.6 Å². The van der Waals surface area contributed by atoms with E-state index in [1.807, 2.05) is 18.2 Å². The van der Waals surface area contributed by atoms with E-state index in [9.17, 15) is 9.59 Å². The van der Waals surface area contributed by atoms with E-state index in [1.165, 1.54) is 6.42 Å². The zero-order valence-corrected chi connectivity index (χ0v) is 19.4. The lowest BCUT2D eigenvalue weighted by atomic mass is 9.94. The van der Waals surface area contributed by atoms with E-state index in [0.717, 1.165) is 31.2 Å². The Kier molecular flexibility index (Phi) is 6.88. The maximum atomic E-state index is 13.8. The molecule has 5 rings (SSSR count). The molecule has 2 amide bonds. The number of fused-ring (bicyclic) bond motifs is 1. The molecule has 0 bridgehead atoms. The van der Waals surface area contributed by atoms with Crippen LogP contribution in [0.15, 0.2) is 67.1 Å². The number of hydrogen-bond donors (Lipinski definition) is 1. The van der Waals surface area contributed by atoms with Gasteiger partial charge in [0, 0.05) is 31.2 Å². The number of carbonyl (C=O) groups excluding carboxylic acids is 2. The van der Waals surface area contributed by atoms with E-state index < -0.39 is 6.04 Å². The molecule has 8 nitrogen and oxygen atoms in total. The second kappa shape index (κ2) is 10.5. The van der Waals surface area contributed by atoms with Gasteiger partial charge in [0.15, 0.2) is 11.5 Å². The molecule has 0 saturated heterocycles. The maximum Gasteiger partial charge on any atom is 0.273 e. The molecule has 1 aliphatic heterocycles. The molecule has 8 heteroatoms. The summed E-state index contributed by atoms with van der Waals surface area (Å²) >= 11 is 0. The minimum absolute atomic E-state index is 0.109. The van der Waals surface area contributed by atoms with Crippen LogP contribution >= 0.6 is 0 Å². The molecule has 180 valence electrons. The fourth-order valence-corrected chi connectivity index (χ4v) is 4.70. The first-order valence-corrected chi connectivity index (χ1v) is 12.0. The van der Waals surface area contributed by atoms with Crippen LogP contribution in [-0.4, -0.2) is 39.5 Å². The Hall–Kier alpha value is -3.94. The van der Waals surface area contributed by atoms with Crippen molar-refractivity contribution in [3.63, 3.8) is 0 Å². The summed E-state index contributed by atoms with van der Waals surface area (Å²) in [6.45, 7) is 0.357. The van der Waals surface area contributed by atoms with Gasteiger partial charge in [0.25, 0.3) is 5.91 Å².